The normalized spacial score (nSPS) is 11.6. The molecule has 0 radical (unpaired) electrons. The molecule has 0 spiro atoms. The number of halogens is 3. The van der Waals surface area contributed by atoms with E-state index in [1.54, 1.807) is 12.1 Å². The van der Waals surface area contributed by atoms with Crippen LogP contribution >= 0.6 is 0 Å². The number of nitrogens with zero attached hydrogens (tertiary/aromatic N) is 2. The van der Waals surface area contributed by atoms with E-state index in [0.29, 0.717) is 5.56 Å². The number of alkyl halides is 3. The molecule has 1 aromatic carbocycles. The van der Waals surface area contributed by atoms with E-state index in [1.165, 1.54) is 6.92 Å². The fraction of sp³-hybridized carbons (Fsp3) is 0.231. The quantitative estimate of drug-likeness (QED) is 0.771. The van der Waals surface area contributed by atoms with E-state index in [4.69, 9.17) is 0 Å². The number of hydrogen-bond acceptors (Lipinski definition) is 2. The van der Waals surface area contributed by atoms with Gasteiger partial charge in [0.1, 0.15) is 11.5 Å². The molecule has 94 valence electrons. The minimum absolute atomic E-state index is 0.111. The molecular weight excluding hydrogens is 241 g/mol. The highest BCUT2D eigenvalue weighted by Gasteiger charge is 2.33. The standard InChI is InChI=1S/C13H11F3N2/c1-8-3-5-10(6-4-8)11-7-12(13(14,15)16)18-9(2)17-11/h3-7H,1-2H3. The second-order valence-electron chi connectivity index (χ2n) is 4.05. The van der Waals surface area contributed by atoms with Crippen LogP contribution in [0.4, 0.5) is 13.2 Å². The van der Waals surface area contributed by atoms with Crippen LogP contribution in [0.3, 0.4) is 0 Å². The maximum atomic E-state index is 12.6. The fourth-order valence-corrected chi connectivity index (χ4v) is 1.59. The number of hydrogen-bond donors (Lipinski definition) is 0. The van der Waals surface area contributed by atoms with Crippen LogP contribution in [0.1, 0.15) is 17.1 Å². The Morgan fingerprint density at radius 2 is 1.56 bits per heavy atom. The highest BCUT2D eigenvalue weighted by atomic mass is 19.4. The van der Waals surface area contributed by atoms with Gasteiger partial charge < -0.3 is 0 Å². The van der Waals surface area contributed by atoms with E-state index in [-0.39, 0.29) is 11.5 Å². The van der Waals surface area contributed by atoms with Crippen molar-refractivity contribution in [3.8, 4) is 11.3 Å². The summed E-state index contributed by atoms with van der Waals surface area (Å²) in [6.07, 6.45) is -4.45. The summed E-state index contributed by atoms with van der Waals surface area (Å²) in [7, 11) is 0. The number of aromatic nitrogens is 2. The zero-order chi connectivity index (χ0) is 13.3. The van der Waals surface area contributed by atoms with Gasteiger partial charge in [0.15, 0.2) is 0 Å². The van der Waals surface area contributed by atoms with E-state index in [1.807, 2.05) is 19.1 Å². The smallest absolute Gasteiger partial charge is 0.233 e. The van der Waals surface area contributed by atoms with E-state index in [9.17, 15) is 13.2 Å². The summed E-state index contributed by atoms with van der Waals surface area (Å²) in [5.41, 5.74) is 1.07. The summed E-state index contributed by atoms with van der Waals surface area (Å²) < 4.78 is 37.9. The number of aryl methyl sites for hydroxylation is 2. The molecule has 0 aliphatic carbocycles. The minimum atomic E-state index is -4.45. The minimum Gasteiger partial charge on any atom is -0.233 e. The van der Waals surface area contributed by atoms with Crippen LogP contribution < -0.4 is 0 Å². The van der Waals surface area contributed by atoms with Crippen LogP contribution in [0.5, 0.6) is 0 Å². The van der Waals surface area contributed by atoms with Crippen molar-refractivity contribution in [3.63, 3.8) is 0 Å². The number of benzene rings is 1. The van der Waals surface area contributed by atoms with Crippen molar-refractivity contribution in [1.82, 2.24) is 9.97 Å². The van der Waals surface area contributed by atoms with Gasteiger partial charge >= 0.3 is 6.18 Å². The third kappa shape index (κ3) is 2.67. The summed E-state index contributed by atoms with van der Waals surface area (Å²) in [6, 6.07) is 8.13. The van der Waals surface area contributed by atoms with Crippen molar-refractivity contribution in [2.24, 2.45) is 0 Å². The zero-order valence-electron chi connectivity index (χ0n) is 9.92. The van der Waals surface area contributed by atoms with Crippen LogP contribution in [0, 0.1) is 13.8 Å². The lowest BCUT2D eigenvalue weighted by molar-refractivity contribution is -0.141. The molecule has 2 aromatic rings. The first-order valence-electron chi connectivity index (χ1n) is 5.36. The molecule has 5 heteroatoms. The molecule has 0 aliphatic heterocycles. The van der Waals surface area contributed by atoms with E-state index >= 15 is 0 Å². The van der Waals surface area contributed by atoms with Crippen molar-refractivity contribution in [1.29, 1.82) is 0 Å². The van der Waals surface area contributed by atoms with Gasteiger partial charge in [0.2, 0.25) is 0 Å². The topological polar surface area (TPSA) is 25.8 Å². The van der Waals surface area contributed by atoms with Crippen molar-refractivity contribution in [3.05, 3.63) is 47.4 Å². The first-order valence-corrected chi connectivity index (χ1v) is 5.36. The molecule has 0 saturated heterocycles. The molecule has 0 atom stereocenters. The Morgan fingerprint density at radius 1 is 0.944 bits per heavy atom. The fourth-order valence-electron chi connectivity index (χ4n) is 1.59. The van der Waals surface area contributed by atoms with Gasteiger partial charge in [-0.2, -0.15) is 13.2 Å². The van der Waals surface area contributed by atoms with Gasteiger partial charge in [-0.25, -0.2) is 9.97 Å². The van der Waals surface area contributed by atoms with Crippen molar-refractivity contribution in [2.45, 2.75) is 20.0 Å². The SMILES string of the molecule is Cc1ccc(-c2cc(C(F)(F)F)nc(C)n2)cc1. The van der Waals surface area contributed by atoms with E-state index in [2.05, 4.69) is 9.97 Å². The Morgan fingerprint density at radius 3 is 2.11 bits per heavy atom. The van der Waals surface area contributed by atoms with Gasteiger partial charge in [-0.3, -0.25) is 0 Å². The Bertz CT molecular complexity index is 559. The molecule has 0 amide bonds. The lowest BCUT2D eigenvalue weighted by Crippen LogP contribution is -2.10. The molecule has 2 rings (SSSR count). The van der Waals surface area contributed by atoms with Gasteiger partial charge in [0, 0.05) is 5.56 Å². The first-order chi connectivity index (χ1) is 8.36. The molecule has 0 N–H and O–H groups in total. The molecule has 0 fully saturated rings. The largest absolute Gasteiger partial charge is 0.433 e. The third-order valence-corrected chi connectivity index (χ3v) is 2.48. The van der Waals surface area contributed by atoms with Crippen LogP contribution in [-0.4, -0.2) is 9.97 Å². The third-order valence-electron chi connectivity index (χ3n) is 2.48. The average molecular weight is 252 g/mol. The predicted octanol–water partition coefficient (Wildman–Crippen LogP) is 3.78. The van der Waals surface area contributed by atoms with Crippen LogP contribution in [0.2, 0.25) is 0 Å². The first kappa shape index (κ1) is 12.5. The van der Waals surface area contributed by atoms with Gasteiger partial charge in [0.25, 0.3) is 0 Å². The summed E-state index contributed by atoms with van der Waals surface area (Å²) in [4.78, 5) is 7.45. The van der Waals surface area contributed by atoms with Crippen molar-refractivity contribution >= 4 is 0 Å². The Labute approximate surface area is 103 Å². The maximum Gasteiger partial charge on any atom is 0.433 e. The molecule has 0 saturated carbocycles. The molecule has 1 aromatic heterocycles. The second-order valence-corrected chi connectivity index (χ2v) is 4.05. The van der Waals surface area contributed by atoms with Crippen LogP contribution in [0.25, 0.3) is 11.3 Å². The molecule has 1 heterocycles. The highest BCUT2D eigenvalue weighted by molar-refractivity contribution is 5.59. The monoisotopic (exact) mass is 252 g/mol. The molecule has 0 bridgehead atoms. The van der Waals surface area contributed by atoms with Gasteiger partial charge in [-0.15, -0.1) is 0 Å². The molecule has 0 aliphatic rings. The maximum absolute atomic E-state index is 12.6. The van der Waals surface area contributed by atoms with E-state index < -0.39 is 11.9 Å². The highest BCUT2D eigenvalue weighted by Crippen LogP contribution is 2.30. The molecule has 18 heavy (non-hydrogen) atoms. The van der Waals surface area contributed by atoms with Crippen molar-refractivity contribution in [2.75, 3.05) is 0 Å². The summed E-state index contributed by atoms with van der Waals surface area (Å²) in [6.45, 7) is 3.36. The van der Waals surface area contributed by atoms with Crippen molar-refractivity contribution < 1.29 is 13.2 Å². The second kappa shape index (κ2) is 4.40. The van der Waals surface area contributed by atoms with Gasteiger partial charge in [-0.1, -0.05) is 29.8 Å². The van der Waals surface area contributed by atoms with E-state index in [0.717, 1.165) is 11.6 Å². The number of rotatable bonds is 1. The average Bonchev–Trinajstić information content (AvgIpc) is 2.28. The summed E-state index contributed by atoms with van der Waals surface area (Å²) in [5.74, 6) is 0.111. The van der Waals surface area contributed by atoms with Crippen LogP contribution in [0.15, 0.2) is 30.3 Å². The molecule has 2 nitrogen and oxygen atoms in total. The van der Waals surface area contributed by atoms with Gasteiger partial charge in [-0.05, 0) is 19.9 Å². The lowest BCUT2D eigenvalue weighted by atomic mass is 10.1. The Balaban J connectivity index is 2.52. The Kier molecular flexibility index (Phi) is 3.07. The lowest BCUT2D eigenvalue weighted by Gasteiger charge is -2.09. The van der Waals surface area contributed by atoms with Crippen LogP contribution in [-0.2, 0) is 6.18 Å². The zero-order valence-corrected chi connectivity index (χ0v) is 9.92. The molecular formula is C13H11F3N2. The summed E-state index contributed by atoms with van der Waals surface area (Å²) >= 11 is 0. The Hall–Kier alpha value is -1.91. The summed E-state index contributed by atoms with van der Waals surface area (Å²) in [5, 5.41) is 0. The predicted molar refractivity (Wildman–Crippen MR) is 61.9 cm³/mol. The van der Waals surface area contributed by atoms with Gasteiger partial charge in [0.05, 0.1) is 5.69 Å². The molecule has 0 unspecified atom stereocenters.